The van der Waals surface area contributed by atoms with Crippen molar-refractivity contribution in [2.45, 2.75) is 44.8 Å². The largest absolute Gasteiger partial charge is 0.394 e. The summed E-state index contributed by atoms with van der Waals surface area (Å²) < 4.78 is 0. The third-order valence-corrected chi connectivity index (χ3v) is 5.18. The van der Waals surface area contributed by atoms with Crippen LogP contribution in [-0.4, -0.2) is 59.3 Å². The molecular weight excluding hydrogens is 290 g/mol. The highest BCUT2D eigenvalue weighted by Gasteiger charge is 2.28. The van der Waals surface area contributed by atoms with Crippen molar-refractivity contribution in [1.82, 2.24) is 15.1 Å². The van der Waals surface area contributed by atoms with Crippen LogP contribution in [-0.2, 0) is 13.0 Å². The lowest BCUT2D eigenvalue weighted by Gasteiger charge is -2.34. The summed E-state index contributed by atoms with van der Waals surface area (Å²) in [6.45, 7) is 5.62. The van der Waals surface area contributed by atoms with Gasteiger partial charge in [-0.05, 0) is 37.3 Å². The van der Waals surface area contributed by atoms with Gasteiger partial charge < -0.3 is 15.3 Å². The fraction of sp³-hybridized carbons (Fsp3) is 0.611. The minimum atomic E-state index is -0.0363. The number of nitrogens with zero attached hydrogens (tertiary/aromatic N) is 2. The Balaban J connectivity index is 1.50. The molecule has 5 heteroatoms. The minimum Gasteiger partial charge on any atom is -0.394 e. The van der Waals surface area contributed by atoms with Gasteiger partial charge in [-0.15, -0.1) is 0 Å². The van der Waals surface area contributed by atoms with E-state index >= 15 is 0 Å². The number of rotatable bonds is 4. The molecule has 2 aliphatic rings. The SMILES string of the molecule is CC(CNC(=O)N1CCCC1CO)N1CCc2ccccc2C1. The molecule has 2 heterocycles. The molecule has 126 valence electrons. The second-order valence-corrected chi connectivity index (χ2v) is 6.70. The van der Waals surface area contributed by atoms with Crippen molar-refractivity contribution in [3.05, 3.63) is 35.4 Å². The van der Waals surface area contributed by atoms with Crippen LogP contribution >= 0.6 is 0 Å². The average molecular weight is 317 g/mol. The van der Waals surface area contributed by atoms with Gasteiger partial charge in [0.25, 0.3) is 0 Å². The highest BCUT2D eigenvalue weighted by molar-refractivity contribution is 5.74. The van der Waals surface area contributed by atoms with Crippen molar-refractivity contribution in [1.29, 1.82) is 0 Å². The molecule has 1 saturated heterocycles. The van der Waals surface area contributed by atoms with Crippen LogP contribution in [0.2, 0.25) is 0 Å². The summed E-state index contributed by atoms with van der Waals surface area (Å²) in [5, 5.41) is 12.4. The Morgan fingerprint density at radius 1 is 1.35 bits per heavy atom. The Bertz CT molecular complexity index is 549. The van der Waals surface area contributed by atoms with Gasteiger partial charge in [-0.1, -0.05) is 24.3 Å². The molecule has 0 saturated carbocycles. The van der Waals surface area contributed by atoms with Gasteiger partial charge in [0.05, 0.1) is 12.6 Å². The number of hydrogen-bond donors (Lipinski definition) is 2. The molecule has 2 atom stereocenters. The van der Waals surface area contributed by atoms with Crippen molar-refractivity contribution in [3.63, 3.8) is 0 Å². The molecule has 5 nitrogen and oxygen atoms in total. The van der Waals surface area contributed by atoms with Crippen molar-refractivity contribution in [2.24, 2.45) is 0 Å². The molecule has 2 N–H and O–H groups in total. The summed E-state index contributed by atoms with van der Waals surface area (Å²) in [7, 11) is 0. The predicted octanol–water partition coefficient (Wildman–Crippen LogP) is 1.60. The third kappa shape index (κ3) is 3.67. The van der Waals surface area contributed by atoms with Crippen LogP contribution in [0.5, 0.6) is 0 Å². The Morgan fingerprint density at radius 2 is 2.13 bits per heavy atom. The van der Waals surface area contributed by atoms with Gasteiger partial charge in [0.1, 0.15) is 0 Å². The molecule has 0 bridgehead atoms. The number of fused-ring (bicyclic) bond motifs is 1. The molecule has 2 amide bonds. The first-order chi connectivity index (χ1) is 11.2. The summed E-state index contributed by atoms with van der Waals surface area (Å²) >= 11 is 0. The normalized spacial score (nSPS) is 22.7. The highest BCUT2D eigenvalue weighted by Crippen LogP contribution is 2.20. The predicted molar refractivity (Wildman–Crippen MR) is 90.2 cm³/mol. The molecule has 0 radical (unpaired) electrons. The van der Waals surface area contributed by atoms with Gasteiger partial charge in [-0.3, -0.25) is 4.90 Å². The Kier molecular flexibility index (Phi) is 5.18. The van der Waals surface area contributed by atoms with Crippen LogP contribution in [0.3, 0.4) is 0 Å². The van der Waals surface area contributed by atoms with E-state index in [9.17, 15) is 9.90 Å². The Labute approximate surface area is 138 Å². The van der Waals surface area contributed by atoms with E-state index in [0.29, 0.717) is 12.6 Å². The topological polar surface area (TPSA) is 55.8 Å². The lowest BCUT2D eigenvalue weighted by atomic mass is 9.99. The number of nitrogens with one attached hydrogen (secondary N) is 1. The first-order valence-corrected chi connectivity index (χ1v) is 8.65. The van der Waals surface area contributed by atoms with Crippen LogP contribution in [0.15, 0.2) is 24.3 Å². The van der Waals surface area contributed by atoms with E-state index in [-0.39, 0.29) is 18.7 Å². The summed E-state index contributed by atoms with van der Waals surface area (Å²) in [5.41, 5.74) is 2.85. The maximum absolute atomic E-state index is 12.3. The van der Waals surface area contributed by atoms with E-state index in [4.69, 9.17) is 0 Å². The van der Waals surface area contributed by atoms with Crippen LogP contribution in [0.25, 0.3) is 0 Å². The maximum Gasteiger partial charge on any atom is 0.317 e. The molecule has 2 aliphatic heterocycles. The van der Waals surface area contributed by atoms with E-state index in [1.165, 1.54) is 11.1 Å². The van der Waals surface area contributed by atoms with E-state index < -0.39 is 0 Å². The lowest BCUT2D eigenvalue weighted by molar-refractivity contribution is 0.149. The summed E-state index contributed by atoms with van der Waals surface area (Å²) in [5.74, 6) is 0. The summed E-state index contributed by atoms with van der Waals surface area (Å²) in [6.07, 6.45) is 2.96. The number of amides is 2. The summed E-state index contributed by atoms with van der Waals surface area (Å²) in [4.78, 5) is 16.5. The van der Waals surface area contributed by atoms with Crippen molar-refractivity contribution in [3.8, 4) is 0 Å². The zero-order chi connectivity index (χ0) is 16.2. The van der Waals surface area contributed by atoms with Gasteiger partial charge in [-0.25, -0.2) is 4.79 Å². The minimum absolute atomic E-state index is 0.00725. The highest BCUT2D eigenvalue weighted by atomic mass is 16.3. The molecule has 0 aromatic heterocycles. The van der Waals surface area contributed by atoms with Crippen LogP contribution in [0.1, 0.15) is 30.9 Å². The first-order valence-electron chi connectivity index (χ1n) is 8.65. The number of aliphatic hydroxyl groups excluding tert-OH is 1. The Morgan fingerprint density at radius 3 is 2.91 bits per heavy atom. The van der Waals surface area contributed by atoms with Crippen molar-refractivity contribution in [2.75, 3.05) is 26.2 Å². The van der Waals surface area contributed by atoms with Crippen molar-refractivity contribution >= 4 is 6.03 Å². The second kappa shape index (κ2) is 7.32. The fourth-order valence-electron chi connectivity index (χ4n) is 3.65. The van der Waals surface area contributed by atoms with E-state index in [1.807, 2.05) is 0 Å². The van der Waals surface area contributed by atoms with E-state index in [1.54, 1.807) is 4.90 Å². The monoisotopic (exact) mass is 317 g/mol. The van der Waals surface area contributed by atoms with Gasteiger partial charge >= 0.3 is 6.03 Å². The third-order valence-electron chi connectivity index (χ3n) is 5.18. The van der Waals surface area contributed by atoms with Gasteiger partial charge in [-0.2, -0.15) is 0 Å². The Hall–Kier alpha value is -1.59. The number of carbonyl (C=O) groups is 1. The van der Waals surface area contributed by atoms with Gasteiger partial charge in [0, 0.05) is 32.2 Å². The molecule has 1 fully saturated rings. The number of benzene rings is 1. The van der Waals surface area contributed by atoms with E-state index in [0.717, 1.165) is 38.9 Å². The van der Waals surface area contributed by atoms with Crippen LogP contribution < -0.4 is 5.32 Å². The first kappa shape index (κ1) is 16.3. The van der Waals surface area contributed by atoms with E-state index in [2.05, 4.69) is 41.4 Å². The van der Waals surface area contributed by atoms with Crippen LogP contribution in [0.4, 0.5) is 4.79 Å². The van der Waals surface area contributed by atoms with Gasteiger partial charge in [0.15, 0.2) is 0 Å². The molecule has 23 heavy (non-hydrogen) atoms. The van der Waals surface area contributed by atoms with Crippen LogP contribution in [0, 0.1) is 0 Å². The number of aliphatic hydroxyl groups is 1. The molecule has 0 spiro atoms. The quantitative estimate of drug-likeness (QED) is 0.887. The van der Waals surface area contributed by atoms with Gasteiger partial charge in [0.2, 0.25) is 0 Å². The van der Waals surface area contributed by atoms with Crippen molar-refractivity contribution < 1.29 is 9.90 Å². The number of urea groups is 1. The number of likely N-dealkylation sites (tertiary alicyclic amines) is 1. The summed E-state index contributed by atoms with van der Waals surface area (Å²) in [6, 6.07) is 8.87. The molecule has 1 aromatic rings. The molecule has 0 aliphatic carbocycles. The molecule has 2 unspecified atom stereocenters. The molecule has 3 rings (SSSR count). The zero-order valence-electron chi connectivity index (χ0n) is 13.9. The smallest absolute Gasteiger partial charge is 0.317 e. The number of hydrogen-bond acceptors (Lipinski definition) is 3. The molecular formula is C18H27N3O2. The molecule has 1 aromatic carbocycles. The fourth-order valence-corrected chi connectivity index (χ4v) is 3.65. The average Bonchev–Trinajstić information content (AvgIpc) is 3.07. The number of carbonyl (C=O) groups excluding carboxylic acids is 1. The maximum atomic E-state index is 12.3. The second-order valence-electron chi connectivity index (χ2n) is 6.70. The lowest BCUT2D eigenvalue weighted by Crippen LogP contribution is -2.49. The zero-order valence-corrected chi connectivity index (χ0v) is 13.9. The standard InChI is InChI=1S/C18H27N3O2/c1-14(11-19-18(23)21-9-4-7-17(21)13-22)20-10-8-15-5-2-3-6-16(15)12-20/h2-3,5-6,14,17,22H,4,7-13H2,1H3,(H,19,23).